The number of aromatic nitrogens is 4. The molecule has 0 radical (unpaired) electrons. The van der Waals surface area contributed by atoms with Crippen molar-refractivity contribution in [3.05, 3.63) is 23.6 Å². The third-order valence-electron chi connectivity index (χ3n) is 5.71. The Balaban J connectivity index is 1.33. The summed E-state index contributed by atoms with van der Waals surface area (Å²) in [6, 6.07) is 0.235. The smallest absolute Gasteiger partial charge is 0.410 e. The molecule has 2 aliphatic rings. The predicted molar refractivity (Wildman–Crippen MR) is 121 cm³/mol. The molecule has 1 aliphatic heterocycles. The molecule has 2 fully saturated rings. The standard InChI is InChI=1S/C21H30ClN7O3/c1-21(2,3)32-20(31)28-10-13-6-15(7-14(13)11-28)25-18-17(22)9-23-19(27-18)26-16-8-24-29(12-16)4-5-30/h8-9,12-15,30H,4-7,10-11H2,1-3H3,(H2,23,25,26,27). The first-order chi connectivity index (χ1) is 15.2. The molecule has 1 saturated carbocycles. The number of anilines is 3. The fraction of sp³-hybridized carbons (Fsp3) is 0.619. The maximum Gasteiger partial charge on any atom is 0.410 e. The van der Waals surface area contributed by atoms with Gasteiger partial charge in [-0.1, -0.05) is 11.6 Å². The zero-order valence-corrected chi connectivity index (χ0v) is 19.3. The lowest BCUT2D eigenvalue weighted by atomic mass is 10.0. The minimum atomic E-state index is -0.480. The summed E-state index contributed by atoms with van der Waals surface area (Å²) in [6.45, 7) is 7.54. The maximum atomic E-state index is 12.4. The van der Waals surface area contributed by atoms with Crippen LogP contribution in [0.3, 0.4) is 0 Å². The zero-order chi connectivity index (χ0) is 22.9. The van der Waals surface area contributed by atoms with Gasteiger partial charge in [0.15, 0.2) is 5.82 Å². The number of aliphatic hydroxyl groups excluding tert-OH is 1. The largest absolute Gasteiger partial charge is 0.444 e. The monoisotopic (exact) mass is 463 g/mol. The molecule has 2 unspecified atom stereocenters. The van der Waals surface area contributed by atoms with E-state index in [0.29, 0.717) is 35.2 Å². The molecule has 4 rings (SSSR count). The van der Waals surface area contributed by atoms with Gasteiger partial charge in [0, 0.05) is 25.3 Å². The van der Waals surface area contributed by atoms with Gasteiger partial charge in [0.1, 0.15) is 10.6 Å². The molecule has 1 amide bonds. The summed E-state index contributed by atoms with van der Waals surface area (Å²) in [6.07, 6.45) is 6.65. The molecule has 3 heterocycles. The van der Waals surface area contributed by atoms with Crippen LogP contribution in [0.25, 0.3) is 0 Å². The van der Waals surface area contributed by atoms with Gasteiger partial charge >= 0.3 is 6.09 Å². The molecule has 2 aromatic rings. The molecule has 2 aromatic heterocycles. The van der Waals surface area contributed by atoms with Crippen molar-refractivity contribution in [1.29, 1.82) is 0 Å². The molecule has 2 atom stereocenters. The van der Waals surface area contributed by atoms with Crippen molar-refractivity contribution in [2.24, 2.45) is 11.8 Å². The molecule has 11 heteroatoms. The summed E-state index contributed by atoms with van der Waals surface area (Å²) in [5.41, 5.74) is 0.246. The Kier molecular flexibility index (Phi) is 6.43. The van der Waals surface area contributed by atoms with Crippen molar-refractivity contribution in [2.75, 3.05) is 30.3 Å². The molecular formula is C21H30ClN7O3. The third kappa shape index (κ3) is 5.42. The first-order valence-electron chi connectivity index (χ1n) is 10.9. The maximum absolute atomic E-state index is 12.4. The lowest BCUT2D eigenvalue weighted by Gasteiger charge is -2.25. The topological polar surface area (TPSA) is 117 Å². The third-order valence-corrected chi connectivity index (χ3v) is 5.98. The fourth-order valence-corrected chi connectivity index (χ4v) is 4.54. The Morgan fingerprint density at radius 2 is 2.00 bits per heavy atom. The van der Waals surface area contributed by atoms with E-state index in [-0.39, 0.29) is 18.7 Å². The van der Waals surface area contributed by atoms with Crippen LogP contribution in [0, 0.1) is 11.8 Å². The van der Waals surface area contributed by atoms with E-state index < -0.39 is 5.60 Å². The summed E-state index contributed by atoms with van der Waals surface area (Å²) < 4.78 is 7.15. The summed E-state index contributed by atoms with van der Waals surface area (Å²) in [4.78, 5) is 23.0. The molecule has 10 nitrogen and oxygen atoms in total. The Labute approximate surface area is 192 Å². The lowest BCUT2D eigenvalue weighted by Crippen LogP contribution is -2.36. The number of nitrogens with zero attached hydrogens (tertiary/aromatic N) is 5. The van der Waals surface area contributed by atoms with Gasteiger partial charge in [-0.15, -0.1) is 0 Å². The van der Waals surface area contributed by atoms with Gasteiger partial charge in [0.2, 0.25) is 5.95 Å². The van der Waals surface area contributed by atoms with E-state index in [1.165, 1.54) is 0 Å². The quantitative estimate of drug-likeness (QED) is 0.598. The van der Waals surface area contributed by atoms with Crippen LogP contribution >= 0.6 is 11.6 Å². The number of rotatable bonds is 6. The van der Waals surface area contributed by atoms with Gasteiger partial charge in [-0.3, -0.25) is 4.68 Å². The highest BCUT2D eigenvalue weighted by molar-refractivity contribution is 6.32. The van der Waals surface area contributed by atoms with Gasteiger partial charge in [-0.05, 0) is 45.4 Å². The van der Waals surface area contributed by atoms with Crippen molar-refractivity contribution >= 4 is 35.1 Å². The summed E-state index contributed by atoms with van der Waals surface area (Å²) in [5, 5.41) is 20.2. The van der Waals surface area contributed by atoms with Crippen LogP contribution in [0.4, 0.5) is 22.2 Å². The summed E-state index contributed by atoms with van der Waals surface area (Å²) in [5.74, 6) is 1.88. The zero-order valence-electron chi connectivity index (χ0n) is 18.6. The first kappa shape index (κ1) is 22.6. The van der Waals surface area contributed by atoms with Crippen molar-refractivity contribution in [3.8, 4) is 0 Å². The minimum Gasteiger partial charge on any atom is -0.444 e. The van der Waals surface area contributed by atoms with Gasteiger partial charge in [0.05, 0.1) is 31.2 Å². The number of hydrogen-bond donors (Lipinski definition) is 3. The summed E-state index contributed by atoms with van der Waals surface area (Å²) >= 11 is 6.34. The molecule has 3 N–H and O–H groups in total. The number of ether oxygens (including phenoxy) is 1. The van der Waals surface area contributed by atoms with Gasteiger partial charge in [0.25, 0.3) is 0 Å². The van der Waals surface area contributed by atoms with Crippen molar-refractivity contribution in [1.82, 2.24) is 24.6 Å². The summed E-state index contributed by atoms with van der Waals surface area (Å²) in [7, 11) is 0. The number of nitrogens with one attached hydrogen (secondary N) is 2. The molecule has 0 spiro atoms. The second-order valence-electron chi connectivity index (χ2n) is 9.45. The highest BCUT2D eigenvalue weighted by atomic mass is 35.5. The molecule has 1 saturated heterocycles. The highest BCUT2D eigenvalue weighted by Crippen LogP contribution is 2.40. The van der Waals surface area contributed by atoms with Gasteiger partial charge < -0.3 is 25.4 Å². The van der Waals surface area contributed by atoms with E-state index >= 15 is 0 Å². The number of hydrogen-bond acceptors (Lipinski definition) is 8. The fourth-order valence-electron chi connectivity index (χ4n) is 4.40. The van der Waals surface area contributed by atoms with Crippen molar-refractivity contribution in [3.63, 3.8) is 0 Å². The van der Waals surface area contributed by atoms with Crippen molar-refractivity contribution < 1.29 is 14.6 Å². The highest BCUT2D eigenvalue weighted by Gasteiger charge is 2.43. The van der Waals surface area contributed by atoms with E-state index in [4.69, 9.17) is 21.4 Å². The molecule has 174 valence electrons. The molecule has 32 heavy (non-hydrogen) atoms. The van der Waals surface area contributed by atoms with Crippen LogP contribution in [0.1, 0.15) is 33.6 Å². The van der Waals surface area contributed by atoms with Crippen molar-refractivity contribution in [2.45, 2.75) is 51.8 Å². The Morgan fingerprint density at radius 1 is 1.28 bits per heavy atom. The molecule has 0 bridgehead atoms. The predicted octanol–water partition coefficient (Wildman–Crippen LogP) is 3.12. The van der Waals surface area contributed by atoms with Crippen LogP contribution in [0.15, 0.2) is 18.6 Å². The SMILES string of the molecule is CC(C)(C)OC(=O)N1CC2CC(Nc3nc(Nc4cnn(CCO)c4)ncc3Cl)CC2C1. The van der Waals surface area contributed by atoms with Gasteiger partial charge in [-0.2, -0.15) is 10.1 Å². The second kappa shape index (κ2) is 9.11. The number of carbonyl (C=O) groups excluding carboxylic acids is 1. The van der Waals surface area contributed by atoms with E-state index in [1.807, 2.05) is 25.7 Å². The Hall–Kier alpha value is -2.59. The number of fused-ring (bicyclic) bond motifs is 1. The molecule has 1 aliphatic carbocycles. The van der Waals surface area contributed by atoms with Crippen LogP contribution in [0.2, 0.25) is 5.02 Å². The Bertz CT molecular complexity index is 947. The number of carbonyl (C=O) groups is 1. The van der Waals surface area contributed by atoms with Crippen LogP contribution < -0.4 is 10.6 Å². The number of aliphatic hydroxyl groups is 1. The number of likely N-dealkylation sites (tertiary alicyclic amines) is 1. The second-order valence-corrected chi connectivity index (χ2v) is 9.86. The van der Waals surface area contributed by atoms with Gasteiger partial charge in [-0.25, -0.2) is 9.78 Å². The van der Waals surface area contributed by atoms with E-state index in [1.54, 1.807) is 23.3 Å². The van der Waals surface area contributed by atoms with Crippen LogP contribution in [-0.2, 0) is 11.3 Å². The average molecular weight is 464 g/mol. The normalized spacial score (nSPS) is 22.7. The van der Waals surface area contributed by atoms with E-state index in [2.05, 4.69) is 25.7 Å². The molecular weight excluding hydrogens is 434 g/mol. The first-order valence-corrected chi connectivity index (χ1v) is 11.3. The molecule has 0 aromatic carbocycles. The van der Waals surface area contributed by atoms with E-state index in [0.717, 1.165) is 31.6 Å². The average Bonchev–Trinajstić information content (AvgIpc) is 3.38. The lowest BCUT2D eigenvalue weighted by molar-refractivity contribution is 0.0280. The number of amides is 1. The van der Waals surface area contributed by atoms with Crippen LogP contribution in [0.5, 0.6) is 0 Å². The van der Waals surface area contributed by atoms with Crippen LogP contribution in [-0.4, -0.2) is 67.2 Å². The Morgan fingerprint density at radius 3 is 2.66 bits per heavy atom. The number of halogens is 1. The van der Waals surface area contributed by atoms with E-state index in [9.17, 15) is 4.79 Å². The minimum absolute atomic E-state index is 0.0194.